The van der Waals surface area contributed by atoms with Gasteiger partial charge in [-0.15, -0.1) is 0 Å². The van der Waals surface area contributed by atoms with Gasteiger partial charge in [0.1, 0.15) is 5.60 Å². The number of hydrogen-bond donors (Lipinski definition) is 1. The van der Waals surface area contributed by atoms with Crippen molar-refractivity contribution in [3.63, 3.8) is 0 Å². The molecule has 0 aliphatic carbocycles. The first-order valence-electron chi connectivity index (χ1n) is 11.5. The van der Waals surface area contributed by atoms with Gasteiger partial charge in [-0.1, -0.05) is 11.6 Å². The lowest BCUT2D eigenvalue weighted by molar-refractivity contribution is 0.0127. The first-order chi connectivity index (χ1) is 15.0. The van der Waals surface area contributed by atoms with Crippen molar-refractivity contribution < 1.29 is 14.3 Å². The molecular formula is C24H37ClN4O3. The molecule has 3 rings (SSSR count). The zero-order valence-corrected chi connectivity index (χ0v) is 20.7. The Balaban J connectivity index is 1.55. The Hall–Kier alpha value is -1.99. The first kappa shape index (κ1) is 24.6. The molecule has 2 amide bonds. The van der Waals surface area contributed by atoms with Crippen molar-refractivity contribution in [3.05, 3.63) is 28.8 Å². The van der Waals surface area contributed by atoms with E-state index < -0.39 is 5.60 Å². The van der Waals surface area contributed by atoms with Crippen LogP contribution in [0.3, 0.4) is 0 Å². The molecule has 1 aromatic carbocycles. The fourth-order valence-corrected chi connectivity index (χ4v) is 4.65. The van der Waals surface area contributed by atoms with E-state index in [2.05, 4.69) is 10.2 Å². The van der Waals surface area contributed by atoms with E-state index in [0.717, 1.165) is 57.5 Å². The van der Waals surface area contributed by atoms with Crippen LogP contribution in [0.2, 0.25) is 5.02 Å². The van der Waals surface area contributed by atoms with Crippen LogP contribution in [-0.2, 0) is 4.74 Å². The molecule has 0 spiro atoms. The molecule has 0 radical (unpaired) electrons. The van der Waals surface area contributed by atoms with Gasteiger partial charge in [0.25, 0.3) is 5.91 Å². The first-order valence-corrected chi connectivity index (χ1v) is 11.9. The zero-order chi connectivity index (χ0) is 23.5. The number of nitrogens with one attached hydrogen (secondary N) is 1. The second kappa shape index (κ2) is 10.3. The Bertz CT molecular complexity index is 816. The van der Waals surface area contributed by atoms with Gasteiger partial charge < -0.3 is 19.9 Å². The summed E-state index contributed by atoms with van der Waals surface area (Å²) in [4.78, 5) is 30.6. The summed E-state index contributed by atoms with van der Waals surface area (Å²) < 4.78 is 5.52. The number of hydrogen-bond acceptors (Lipinski definition) is 5. The largest absolute Gasteiger partial charge is 0.444 e. The van der Waals surface area contributed by atoms with Crippen LogP contribution in [0.15, 0.2) is 18.2 Å². The smallest absolute Gasteiger partial charge is 0.410 e. The molecule has 1 atom stereocenters. The number of rotatable bonds is 4. The van der Waals surface area contributed by atoms with E-state index in [1.807, 2.05) is 37.8 Å². The highest BCUT2D eigenvalue weighted by Gasteiger charge is 2.32. The van der Waals surface area contributed by atoms with Crippen LogP contribution in [0.1, 0.15) is 56.8 Å². The number of anilines is 1. The van der Waals surface area contributed by atoms with E-state index in [1.54, 1.807) is 20.2 Å². The van der Waals surface area contributed by atoms with Crippen molar-refractivity contribution in [2.24, 2.45) is 0 Å². The molecule has 2 fully saturated rings. The molecule has 0 aromatic heterocycles. The second-order valence-electron chi connectivity index (χ2n) is 10.1. The lowest BCUT2D eigenvalue weighted by Gasteiger charge is -2.42. The van der Waals surface area contributed by atoms with Gasteiger partial charge in [0.2, 0.25) is 0 Å². The van der Waals surface area contributed by atoms with Crippen LogP contribution in [0.5, 0.6) is 0 Å². The molecule has 1 N–H and O–H groups in total. The SMILES string of the molecule is CN(C)C(=O)c1cc(N[C@H]2CCCN(C3CCN(C(=O)OC(C)(C)C)CC3)C2)ccc1Cl. The minimum absolute atomic E-state index is 0.0966. The summed E-state index contributed by atoms with van der Waals surface area (Å²) in [6.07, 6.45) is 3.94. The van der Waals surface area contributed by atoms with Crippen molar-refractivity contribution in [2.75, 3.05) is 45.6 Å². The van der Waals surface area contributed by atoms with Crippen molar-refractivity contribution >= 4 is 29.3 Å². The highest BCUT2D eigenvalue weighted by Crippen LogP contribution is 2.26. The zero-order valence-electron chi connectivity index (χ0n) is 20.0. The van der Waals surface area contributed by atoms with E-state index in [1.165, 1.54) is 4.90 Å². The number of nitrogens with zero attached hydrogens (tertiary/aromatic N) is 3. The van der Waals surface area contributed by atoms with Gasteiger partial charge in [0, 0.05) is 51.5 Å². The van der Waals surface area contributed by atoms with Crippen molar-refractivity contribution in [2.45, 2.75) is 64.1 Å². The highest BCUT2D eigenvalue weighted by atomic mass is 35.5. The number of piperidine rings is 2. The number of likely N-dealkylation sites (tertiary alicyclic amines) is 2. The summed E-state index contributed by atoms with van der Waals surface area (Å²) in [7, 11) is 3.46. The van der Waals surface area contributed by atoms with Crippen LogP contribution >= 0.6 is 11.6 Å². The molecule has 178 valence electrons. The summed E-state index contributed by atoms with van der Waals surface area (Å²) in [5.74, 6) is -0.0966. The lowest BCUT2D eigenvalue weighted by atomic mass is 9.98. The third-order valence-electron chi connectivity index (χ3n) is 6.06. The van der Waals surface area contributed by atoms with Crippen molar-refractivity contribution in [1.29, 1.82) is 0 Å². The van der Waals surface area contributed by atoms with Crippen LogP contribution < -0.4 is 5.32 Å². The summed E-state index contributed by atoms with van der Waals surface area (Å²) >= 11 is 6.25. The molecule has 7 nitrogen and oxygen atoms in total. The van der Waals surface area contributed by atoms with E-state index in [4.69, 9.17) is 16.3 Å². The van der Waals surface area contributed by atoms with E-state index >= 15 is 0 Å². The Morgan fingerprint density at radius 3 is 2.44 bits per heavy atom. The van der Waals surface area contributed by atoms with Gasteiger partial charge >= 0.3 is 6.09 Å². The maximum absolute atomic E-state index is 12.4. The van der Waals surface area contributed by atoms with E-state index in [0.29, 0.717) is 22.7 Å². The molecule has 0 unspecified atom stereocenters. The van der Waals surface area contributed by atoms with Crippen LogP contribution in [-0.4, -0.2) is 84.7 Å². The average Bonchev–Trinajstić information content (AvgIpc) is 2.73. The third-order valence-corrected chi connectivity index (χ3v) is 6.39. The maximum Gasteiger partial charge on any atom is 0.410 e. The molecule has 2 heterocycles. The molecule has 8 heteroatoms. The maximum atomic E-state index is 12.4. The Morgan fingerprint density at radius 2 is 1.81 bits per heavy atom. The predicted octanol–water partition coefficient (Wildman–Crippen LogP) is 4.32. The number of carbonyl (C=O) groups is 2. The van der Waals surface area contributed by atoms with Gasteiger partial charge in [-0.3, -0.25) is 9.69 Å². The van der Waals surface area contributed by atoms with Gasteiger partial charge in [-0.25, -0.2) is 4.79 Å². The number of carbonyl (C=O) groups excluding carboxylic acids is 2. The monoisotopic (exact) mass is 464 g/mol. The molecule has 0 saturated carbocycles. The van der Waals surface area contributed by atoms with Crippen LogP contribution in [0.25, 0.3) is 0 Å². The minimum Gasteiger partial charge on any atom is -0.444 e. The molecule has 0 bridgehead atoms. The topological polar surface area (TPSA) is 65.1 Å². The Labute approximate surface area is 197 Å². The van der Waals surface area contributed by atoms with Crippen molar-refractivity contribution in [3.8, 4) is 0 Å². The quantitative estimate of drug-likeness (QED) is 0.718. The molecule has 2 aliphatic heterocycles. The molecule has 1 aromatic rings. The number of amides is 2. The summed E-state index contributed by atoms with van der Waals surface area (Å²) in [6, 6.07) is 6.37. The third kappa shape index (κ3) is 6.51. The van der Waals surface area contributed by atoms with Crippen molar-refractivity contribution in [1.82, 2.24) is 14.7 Å². The van der Waals surface area contributed by atoms with Gasteiger partial charge in [0.05, 0.1) is 10.6 Å². The average molecular weight is 465 g/mol. The highest BCUT2D eigenvalue weighted by molar-refractivity contribution is 6.34. The fraction of sp³-hybridized carbons (Fsp3) is 0.667. The van der Waals surface area contributed by atoms with Gasteiger partial charge in [-0.05, 0) is 71.2 Å². The number of benzene rings is 1. The van der Waals surface area contributed by atoms with Crippen LogP contribution in [0.4, 0.5) is 10.5 Å². The van der Waals surface area contributed by atoms with Crippen LogP contribution in [0, 0.1) is 0 Å². The normalized spacial score (nSPS) is 20.7. The Kier molecular flexibility index (Phi) is 7.93. The second-order valence-corrected chi connectivity index (χ2v) is 10.5. The summed E-state index contributed by atoms with van der Waals surface area (Å²) in [5, 5.41) is 4.08. The van der Waals surface area contributed by atoms with E-state index in [9.17, 15) is 9.59 Å². The molecule has 2 saturated heterocycles. The minimum atomic E-state index is -0.460. The number of halogens is 1. The molecular weight excluding hydrogens is 428 g/mol. The Morgan fingerprint density at radius 1 is 1.12 bits per heavy atom. The molecule has 2 aliphatic rings. The molecule has 32 heavy (non-hydrogen) atoms. The predicted molar refractivity (Wildman–Crippen MR) is 129 cm³/mol. The summed E-state index contributed by atoms with van der Waals surface area (Å²) in [6.45, 7) is 9.22. The number of ether oxygens (including phenoxy) is 1. The standard InChI is InChI=1S/C24H37ClN4O3/c1-24(2,3)32-23(31)28-13-10-19(11-14-28)29-12-6-7-18(16-29)26-17-8-9-21(25)20(15-17)22(30)27(4)5/h8-9,15,18-19,26H,6-7,10-14,16H2,1-5H3/t18-/m0/s1. The lowest BCUT2D eigenvalue weighted by Crippen LogP contribution is -2.52. The van der Waals surface area contributed by atoms with E-state index in [-0.39, 0.29) is 12.0 Å². The summed E-state index contributed by atoms with van der Waals surface area (Å²) in [5.41, 5.74) is 0.980. The van der Waals surface area contributed by atoms with Gasteiger partial charge in [0.15, 0.2) is 0 Å². The van der Waals surface area contributed by atoms with Gasteiger partial charge in [-0.2, -0.15) is 0 Å². The fourth-order valence-electron chi connectivity index (χ4n) is 4.45.